The molecule has 1 aromatic carbocycles. The number of aliphatic hydroxyl groups excluding tert-OH is 1. The van der Waals surface area contributed by atoms with Crippen LogP contribution in [-0.4, -0.2) is 20.4 Å². The van der Waals surface area contributed by atoms with Gasteiger partial charge >= 0.3 is 0 Å². The molecule has 24 heavy (non-hydrogen) atoms. The Bertz CT molecular complexity index is 931. The van der Waals surface area contributed by atoms with Crippen LogP contribution < -0.4 is 5.32 Å². The second-order valence-electron chi connectivity index (χ2n) is 6.03. The first kappa shape index (κ1) is 15.2. The summed E-state index contributed by atoms with van der Waals surface area (Å²) in [5, 5.41) is 13.0. The molecule has 6 heteroatoms. The van der Waals surface area contributed by atoms with Gasteiger partial charge in [0.25, 0.3) is 0 Å². The Balaban J connectivity index is 1.70. The number of aromatic nitrogens is 2. The Morgan fingerprint density at radius 3 is 2.88 bits per heavy atom. The monoisotopic (exact) mass is 341 g/mol. The number of carbonyl (C=O) groups excluding carboxylic acids is 1. The lowest BCUT2D eigenvalue weighted by Gasteiger charge is -2.08. The third kappa shape index (κ3) is 2.88. The van der Waals surface area contributed by atoms with E-state index in [-0.39, 0.29) is 18.4 Å². The van der Waals surface area contributed by atoms with Crippen molar-refractivity contribution in [3.8, 4) is 11.1 Å². The number of benzene rings is 1. The number of hydrogen-bond acceptors (Lipinski definition) is 3. The number of amides is 1. The summed E-state index contributed by atoms with van der Waals surface area (Å²) in [4.78, 5) is 16.3. The number of nitrogens with zero attached hydrogens (tertiary/aromatic N) is 2. The van der Waals surface area contributed by atoms with Crippen LogP contribution in [0.4, 0.5) is 5.82 Å². The van der Waals surface area contributed by atoms with Crippen LogP contribution in [0, 0.1) is 5.92 Å². The molecule has 3 aromatic rings. The van der Waals surface area contributed by atoms with Crippen LogP contribution in [0.3, 0.4) is 0 Å². The molecule has 2 heterocycles. The Kier molecular flexibility index (Phi) is 3.75. The van der Waals surface area contributed by atoms with Crippen LogP contribution >= 0.6 is 11.6 Å². The highest BCUT2D eigenvalue weighted by atomic mass is 35.5. The third-order valence-electron chi connectivity index (χ3n) is 4.20. The second-order valence-corrected chi connectivity index (χ2v) is 6.47. The fourth-order valence-electron chi connectivity index (χ4n) is 2.74. The highest BCUT2D eigenvalue weighted by Gasteiger charge is 2.29. The van der Waals surface area contributed by atoms with E-state index in [1.54, 1.807) is 12.3 Å². The quantitative estimate of drug-likeness (QED) is 0.763. The average Bonchev–Trinajstić information content (AvgIpc) is 3.35. The summed E-state index contributed by atoms with van der Waals surface area (Å²) in [6.45, 7) is -0.0584. The Labute approximate surface area is 143 Å². The highest BCUT2D eigenvalue weighted by molar-refractivity contribution is 6.30. The first-order valence-electron chi connectivity index (χ1n) is 7.83. The number of hydrogen-bond donors (Lipinski definition) is 2. The standard InChI is InChI=1S/C18H16ClN3O2/c19-14-5-3-13(10-23)15(7-14)12-4-6-17-20-16(9-22(17)8-12)21-18(24)11-1-2-11/h3-9,11,23H,1-2,10H2,(H,21,24). The number of pyridine rings is 1. The normalized spacial score (nSPS) is 14.1. The van der Waals surface area contributed by atoms with Gasteiger partial charge in [-0.05, 0) is 53.8 Å². The summed E-state index contributed by atoms with van der Waals surface area (Å²) in [7, 11) is 0. The summed E-state index contributed by atoms with van der Waals surface area (Å²) in [6, 6.07) is 9.22. The minimum Gasteiger partial charge on any atom is -0.392 e. The van der Waals surface area contributed by atoms with Crippen LogP contribution in [0.2, 0.25) is 5.02 Å². The van der Waals surface area contributed by atoms with Crippen molar-refractivity contribution in [3.05, 3.63) is 53.3 Å². The van der Waals surface area contributed by atoms with Crippen molar-refractivity contribution in [2.45, 2.75) is 19.4 Å². The number of anilines is 1. The minimum atomic E-state index is -0.0584. The van der Waals surface area contributed by atoms with E-state index in [0.717, 1.165) is 35.2 Å². The zero-order valence-corrected chi connectivity index (χ0v) is 13.6. The molecule has 1 fully saturated rings. The van der Waals surface area contributed by atoms with Gasteiger partial charge < -0.3 is 14.8 Å². The summed E-state index contributed by atoms with van der Waals surface area (Å²) in [5.74, 6) is 0.734. The number of aliphatic hydroxyl groups is 1. The molecule has 2 aromatic heterocycles. The van der Waals surface area contributed by atoms with Crippen LogP contribution in [-0.2, 0) is 11.4 Å². The minimum absolute atomic E-state index is 0.0380. The molecular weight excluding hydrogens is 326 g/mol. The molecule has 1 amide bonds. The summed E-state index contributed by atoms with van der Waals surface area (Å²) >= 11 is 6.09. The predicted octanol–water partition coefficient (Wildman–Crippen LogP) is 3.50. The van der Waals surface area contributed by atoms with E-state index < -0.39 is 0 Å². The summed E-state index contributed by atoms with van der Waals surface area (Å²) in [6.07, 6.45) is 5.63. The maximum atomic E-state index is 11.9. The van der Waals surface area contributed by atoms with Crippen molar-refractivity contribution in [1.82, 2.24) is 9.38 Å². The molecule has 0 atom stereocenters. The van der Waals surface area contributed by atoms with Crippen molar-refractivity contribution in [1.29, 1.82) is 0 Å². The largest absolute Gasteiger partial charge is 0.392 e. The maximum Gasteiger partial charge on any atom is 0.228 e. The van der Waals surface area contributed by atoms with Gasteiger partial charge in [-0.1, -0.05) is 17.7 Å². The molecule has 0 bridgehead atoms. The van der Waals surface area contributed by atoms with Gasteiger partial charge in [0.2, 0.25) is 5.91 Å². The molecule has 1 aliphatic carbocycles. The van der Waals surface area contributed by atoms with E-state index >= 15 is 0 Å². The molecule has 2 N–H and O–H groups in total. The SMILES string of the molecule is O=C(Nc1cn2cc(-c3cc(Cl)ccc3CO)ccc2n1)C1CC1. The smallest absolute Gasteiger partial charge is 0.228 e. The van der Waals surface area contributed by atoms with E-state index in [9.17, 15) is 9.90 Å². The van der Waals surface area contributed by atoms with Crippen LogP contribution in [0.5, 0.6) is 0 Å². The number of rotatable bonds is 4. The number of nitrogens with one attached hydrogen (secondary N) is 1. The van der Waals surface area contributed by atoms with Crippen molar-refractivity contribution in [3.63, 3.8) is 0 Å². The van der Waals surface area contributed by atoms with Gasteiger partial charge in [0, 0.05) is 17.1 Å². The molecule has 1 saturated carbocycles. The van der Waals surface area contributed by atoms with Gasteiger partial charge in [-0.3, -0.25) is 4.79 Å². The van der Waals surface area contributed by atoms with Crippen LogP contribution in [0.25, 0.3) is 16.8 Å². The van der Waals surface area contributed by atoms with Gasteiger partial charge in [-0.2, -0.15) is 0 Å². The fourth-order valence-corrected chi connectivity index (χ4v) is 2.91. The van der Waals surface area contributed by atoms with Crippen molar-refractivity contribution >= 4 is 29.0 Å². The predicted molar refractivity (Wildman–Crippen MR) is 92.9 cm³/mol. The number of imidazole rings is 1. The number of halogens is 1. The average molecular weight is 342 g/mol. The molecule has 1 aliphatic rings. The lowest BCUT2D eigenvalue weighted by atomic mass is 10.0. The molecule has 0 saturated heterocycles. The molecule has 5 nitrogen and oxygen atoms in total. The first-order chi connectivity index (χ1) is 11.6. The third-order valence-corrected chi connectivity index (χ3v) is 4.44. The van der Waals surface area contributed by atoms with E-state index in [0.29, 0.717) is 10.8 Å². The molecule has 4 rings (SSSR count). The first-order valence-corrected chi connectivity index (χ1v) is 8.21. The molecule has 0 unspecified atom stereocenters. The van der Waals surface area contributed by atoms with E-state index in [1.807, 2.05) is 34.9 Å². The maximum absolute atomic E-state index is 11.9. The van der Waals surface area contributed by atoms with Crippen molar-refractivity contribution in [2.75, 3.05) is 5.32 Å². The summed E-state index contributed by atoms with van der Waals surface area (Å²) in [5.41, 5.74) is 3.36. The highest BCUT2D eigenvalue weighted by Crippen LogP contribution is 2.31. The van der Waals surface area contributed by atoms with Gasteiger partial charge in [-0.15, -0.1) is 0 Å². The molecular formula is C18H16ClN3O2. The van der Waals surface area contributed by atoms with Crippen molar-refractivity contribution < 1.29 is 9.90 Å². The topological polar surface area (TPSA) is 66.6 Å². The van der Waals surface area contributed by atoms with Crippen LogP contribution in [0.15, 0.2) is 42.7 Å². The Morgan fingerprint density at radius 1 is 1.29 bits per heavy atom. The van der Waals surface area contributed by atoms with Crippen molar-refractivity contribution in [2.24, 2.45) is 5.92 Å². The lowest BCUT2D eigenvalue weighted by molar-refractivity contribution is -0.117. The fraction of sp³-hybridized carbons (Fsp3) is 0.222. The zero-order chi connectivity index (χ0) is 16.7. The van der Waals surface area contributed by atoms with Gasteiger partial charge in [0.15, 0.2) is 5.82 Å². The molecule has 0 radical (unpaired) electrons. The summed E-state index contributed by atoms with van der Waals surface area (Å²) < 4.78 is 1.86. The lowest BCUT2D eigenvalue weighted by Crippen LogP contribution is -2.13. The van der Waals surface area contributed by atoms with Gasteiger partial charge in [-0.25, -0.2) is 4.98 Å². The van der Waals surface area contributed by atoms with Gasteiger partial charge in [0.1, 0.15) is 5.65 Å². The van der Waals surface area contributed by atoms with E-state index in [2.05, 4.69) is 10.3 Å². The van der Waals surface area contributed by atoms with E-state index in [1.165, 1.54) is 0 Å². The molecule has 0 spiro atoms. The van der Waals surface area contributed by atoms with E-state index in [4.69, 9.17) is 11.6 Å². The molecule has 0 aliphatic heterocycles. The number of fused-ring (bicyclic) bond motifs is 1. The van der Waals surface area contributed by atoms with Crippen LogP contribution in [0.1, 0.15) is 18.4 Å². The van der Waals surface area contributed by atoms with Gasteiger partial charge in [0.05, 0.1) is 12.8 Å². The number of carbonyl (C=O) groups is 1. The molecule has 122 valence electrons. The Hall–Kier alpha value is -2.37. The second kappa shape index (κ2) is 5.92. The zero-order valence-electron chi connectivity index (χ0n) is 12.9. The Morgan fingerprint density at radius 2 is 2.12 bits per heavy atom.